The monoisotopic (exact) mass is 191 g/mol. The van der Waals surface area contributed by atoms with E-state index >= 15 is 0 Å². The molecule has 0 bridgehead atoms. The molecule has 1 aliphatic heterocycles. The number of nitrogens with one attached hydrogen (secondary N) is 1. The summed E-state index contributed by atoms with van der Waals surface area (Å²) in [5.41, 5.74) is 0. The lowest BCUT2D eigenvalue weighted by Gasteiger charge is -2.22. The van der Waals surface area contributed by atoms with E-state index < -0.39 is 0 Å². The van der Waals surface area contributed by atoms with Gasteiger partial charge in [-0.15, -0.1) is 11.6 Å². The van der Waals surface area contributed by atoms with E-state index in [1.807, 2.05) is 6.92 Å². The third kappa shape index (κ3) is 4.29. The predicted octanol–water partition coefficient (Wildman–Crippen LogP) is 1.77. The lowest BCUT2D eigenvalue weighted by molar-refractivity contribution is 0.0171. The molecule has 1 heterocycles. The van der Waals surface area contributed by atoms with Crippen LogP contribution in [0.1, 0.15) is 26.2 Å². The van der Waals surface area contributed by atoms with Crippen LogP contribution in [0.25, 0.3) is 0 Å². The zero-order chi connectivity index (χ0) is 8.81. The topological polar surface area (TPSA) is 21.3 Å². The fourth-order valence-electron chi connectivity index (χ4n) is 1.41. The Morgan fingerprint density at radius 3 is 3.00 bits per heavy atom. The van der Waals surface area contributed by atoms with E-state index in [4.69, 9.17) is 16.3 Å². The summed E-state index contributed by atoms with van der Waals surface area (Å²) >= 11 is 5.79. The zero-order valence-corrected chi connectivity index (χ0v) is 8.44. The van der Waals surface area contributed by atoms with Crippen molar-refractivity contribution in [2.45, 2.75) is 37.7 Å². The van der Waals surface area contributed by atoms with Gasteiger partial charge in [-0.2, -0.15) is 0 Å². The summed E-state index contributed by atoms with van der Waals surface area (Å²) in [6, 6.07) is 0. The predicted molar refractivity (Wildman–Crippen MR) is 51.8 cm³/mol. The van der Waals surface area contributed by atoms with Crippen molar-refractivity contribution < 1.29 is 4.74 Å². The van der Waals surface area contributed by atoms with Gasteiger partial charge in [-0.3, -0.25) is 0 Å². The molecule has 3 heteroatoms. The minimum Gasteiger partial charge on any atom is -0.377 e. The van der Waals surface area contributed by atoms with Gasteiger partial charge in [0, 0.05) is 25.1 Å². The highest BCUT2D eigenvalue weighted by molar-refractivity contribution is 6.20. The van der Waals surface area contributed by atoms with E-state index in [9.17, 15) is 0 Å². The van der Waals surface area contributed by atoms with Gasteiger partial charge in [-0.1, -0.05) is 0 Å². The highest BCUT2D eigenvalue weighted by Gasteiger charge is 2.12. The molecule has 2 nitrogen and oxygen atoms in total. The van der Waals surface area contributed by atoms with Crippen molar-refractivity contribution in [2.75, 3.05) is 19.7 Å². The highest BCUT2D eigenvalue weighted by atomic mass is 35.5. The van der Waals surface area contributed by atoms with E-state index in [1.165, 1.54) is 19.3 Å². The second-order valence-corrected chi connectivity index (χ2v) is 4.17. The van der Waals surface area contributed by atoms with Crippen molar-refractivity contribution in [1.29, 1.82) is 0 Å². The molecule has 1 fully saturated rings. The van der Waals surface area contributed by atoms with Crippen LogP contribution in [-0.2, 0) is 4.74 Å². The second-order valence-electron chi connectivity index (χ2n) is 3.43. The van der Waals surface area contributed by atoms with Gasteiger partial charge in [0.2, 0.25) is 0 Å². The average Bonchev–Trinajstić information content (AvgIpc) is 2.05. The Morgan fingerprint density at radius 2 is 2.42 bits per heavy atom. The molecule has 12 heavy (non-hydrogen) atoms. The summed E-state index contributed by atoms with van der Waals surface area (Å²) in [5, 5.41) is 3.51. The molecule has 1 saturated heterocycles. The Balaban J connectivity index is 1.98. The third-order valence-electron chi connectivity index (χ3n) is 2.07. The molecule has 0 saturated carbocycles. The highest BCUT2D eigenvalue weighted by Crippen LogP contribution is 2.11. The molecule has 1 N–H and O–H groups in total. The molecule has 2 unspecified atom stereocenters. The molecule has 0 aromatic rings. The van der Waals surface area contributed by atoms with Crippen LogP contribution in [0.2, 0.25) is 0 Å². The van der Waals surface area contributed by atoms with E-state index in [2.05, 4.69) is 5.32 Å². The second kappa shape index (κ2) is 5.79. The fourth-order valence-corrected chi connectivity index (χ4v) is 1.52. The molecule has 1 rings (SSSR count). The van der Waals surface area contributed by atoms with Crippen LogP contribution in [0.3, 0.4) is 0 Å². The number of ether oxygens (including phenoxy) is 1. The van der Waals surface area contributed by atoms with Crippen molar-refractivity contribution in [3.63, 3.8) is 0 Å². The van der Waals surface area contributed by atoms with Crippen LogP contribution in [0.5, 0.6) is 0 Å². The van der Waals surface area contributed by atoms with Crippen LogP contribution >= 0.6 is 11.6 Å². The Bertz CT molecular complexity index is 113. The van der Waals surface area contributed by atoms with Crippen LogP contribution in [0.15, 0.2) is 0 Å². The quantitative estimate of drug-likeness (QED) is 0.684. The van der Waals surface area contributed by atoms with Gasteiger partial charge in [0.15, 0.2) is 0 Å². The number of rotatable bonds is 4. The molecule has 0 amide bonds. The Labute approximate surface area is 79.6 Å². The van der Waals surface area contributed by atoms with E-state index in [0.717, 1.165) is 19.7 Å². The Morgan fingerprint density at radius 1 is 1.58 bits per heavy atom. The summed E-state index contributed by atoms with van der Waals surface area (Å²) in [4.78, 5) is 0. The number of hydrogen-bond donors (Lipinski definition) is 1. The van der Waals surface area contributed by atoms with Gasteiger partial charge in [-0.05, 0) is 26.2 Å². The summed E-state index contributed by atoms with van der Waals surface area (Å²) in [6.07, 6.45) is 4.16. The molecule has 2 atom stereocenters. The maximum absolute atomic E-state index is 5.79. The SMILES string of the molecule is CC(Cl)CNCC1CCCCO1. The van der Waals surface area contributed by atoms with Gasteiger partial charge >= 0.3 is 0 Å². The molecule has 0 aromatic carbocycles. The lowest BCUT2D eigenvalue weighted by Crippen LogP contribution is -2.34. The van der Waals surface area contributed by atoms with Crippen molar-refractivity contribution in [3.05, 3.63) is 0 Å². The molecular weight excluding hydrogens is 174 g/mol. The largest absolute Gasteiger partial charge is 0.377 e. The summed E-state index contributed by atoms with van der Waals surface area (Å²) < 4.78 is 5.55. The third-order valence-corrected chi connectivity index (χ3v) is 2.23. The van der Waals surface area contributed by atoms with Crippen molar-refractivity contribution in [3.8, 4) is 0 Å². The van der Waals surface area contributed by atoms with Gasteiger partial charge in [0.05, 0.1) is 6.10 Å². The molecule has 72 valence electrons. The fraction of sp³-hybridized carbons (Fsp3) is 1.00. The maximum Gasteiger partial charge on any atom is 0.0699 e. The molecule has 0 aliphatic carbocycles. The Hall–Kier alpha value is 0.210. The van der Waals surface area contributed by atoms with Crippen molar-refractivity contribution in [2.24, 2.45) is 0 Å². The standard InChI is InChI=1S/C9H18ClNO/c1-8(10)6-11-7-9-4-2-3-5-12-9/h8-9,11H,2-7H2,1H3. The summed E-state index contributed by atoms with van der Waals surface area (Å²) in [6.45, 7) is 4.76. The number of hydrogen-bond acceptors (Lipinski definition) is 2. The number of halogens is 1. The minimum atomic E-state index is 0.216. The summed E-state index contributed by atoms with van der Waals surface area (Å²) in [7, 11) is 0. The van der Waals surface area contributed by atoms with Crippen molar-refractivity contribution >= 4 is 11.6 Å². The van der Waals surface area contributed by atoms with Gasteiger partial charge < -0.3 is 10.1 Å². The van der Waals surface area contributed by atoms with E-state index in [-0.39, 0.29) is 5.38 Å². The molecular formula is C9H18ClNO. The maximum atomic E-state index is 5.79. The van der Waals surface area contributed by atoms with Gasteiger partial charge in [0.25, 0.3) is 0 Å². The van der Waals surface area contributed by atoms with Crippen molar-refractivity contribution in [1.82, 2.24) is 5.32 Å². The smallest absolute Gasteiger partial charge is 0.0699 e. The normalized spacial score (nSPS) is 27.0. The lowest BCUT2D eigenvalue weighted by atomic mass is 10.1. The first-order valence-electron chi connectivity index (χ1n) is 4.75. The van der Waals surface area contributed by atoms with Crippen LogP contribution in [-0.4, -0.2) is 31.2 Å². The summed E-state index contributed by atoms with van der Waals surface area (Å²) in [5.74, 6) is 0. The first kappa shape index (κ1) is 10.3. The Kier molecular flexibility index (Phi) is 4.96. The molecule has 0 radical (unpaired) electrons. The van der Waals surface area contributed by atoms with Gasteiger partial charge in [-0.25, -0.2) is 0 Å². The minimum absolute atomic E-state index is 0.216. The zero-order valence-electron chi connectivity index (χ0n) is 7.68. The first-order chi connectivity index (χ1) is 5.79. The van der Waals surface area contributed by atoms with E-state index in [1.54, 1.807) is 0 Å². The van der Waals surface area contributed by atoms with Crippen LogP contribution < -0.4 is 5.32 Å². The average molecular weight is 192 g/mol. The molecule has 0 aromatic heterocycles. The van der Waals surface area contributed by atoms with Crippen LogP contribution in [0.4, 0.5) is 0 Å². The molecule has 1 aliphatic rings. The first-order valence-corrected chi connectivity index (χ1v) is 5.19. The molecule has 0 spiro atoms. The van der Waals surface area contributed by atoms with E-state index in [0.29, 0.717) is 6.10 Å². The number of alkyl halides is 1. The van der Waals surface area contributed by atoms with Crippen LogP contribution in [0, 0.1) is 0 Å². The van der Waals surface area contributed by atoms with Gasteiger partial charge in [0.1, 0.15) is 0 Å².